The third kappa shape index (κ3) is 6.55. The first kappa shape index (κ1) is 29.9. The van der Waals surface area contributed by atoms with Crippen LogP contribution in [0.1, 0.15) is 35.2 Å². The number of hydrogen-bond donors (Lipinski definition) is 1. The highest BCUT2D eigenvalue weighted by molar-refractivity contribution is 7.93. The number of carbonyl (C=O) groups is 1. The molecule has 4 aromatic rings. The van der Waals surface area contributed by atoms with Crippen LogP contribution in [0.25, 0.3) is 20.5 Å². The summed E-state index contributed by atoms with van der Waals surface area (Å²) in [6.45, 7) is 3.59. The van der Waals surface area contributed by atoms with Crippen molar-refractivity contribution in [1.82, 2.24) is 4.90 Å². The first-order chi connectivity index (χ1) is 20.1. The maximum atomic E-state index is 13.9. The molecule has 0 atom stereocenters. The molecule has 2 heterocycles. The Labute approximate surface area is 245 Å². The average molecular weight is 619 g/mol. The Hall–Kier alpha value is -3.61. The van der Waals surface area contributed by atoms with E-state index >= 15 is 0 Å². The molecule has 3 aromatic carbocycles. The van der Waals surface area contributed by atoms with Gasteiger partial charge in [-0.05, 0) is 86.1 Å². The molecule has 0 aliphatic carbocycles. The van der Waals surface area contributed by atoms with Crippen LogP contribution in [0, 0.1) is 0 Å². The molecule has 1 aliphatic rings. The smallest absolute Gasteiger partial charge is 0.497 e. The normalized spacial score (nSPS) is 14.6. The first-order valence-corrected chi connectivity index (χ1v) is 15.7. The summed E-state index contributed by atoms with van der Waals surface area (Å²) in [6, 6.07) is 17.7. The van der Waals surface area contributed by atoms with Crippen LogP contribution in [-0.2, 0) is 10.0 Å². The predicted molar refractivity (Wildman–Crippen MR) is 158 cm³/mol. The van der Waals surface area contributed by atoms with Gasteiger partial charge in [0.1, 0.15) is 18.1 Å². The van der Waals surface area contributed by atoms with Gasteiger partial charge in [0.25, 0.3) is 0 Å². The number of hydrogen-bond acceptors (Lipinski definition) is 7. The van der Waals surface area contributed by atoms with E-state index in [1.807, 2.05) is 6.07 Å². The highest BCUT2D eigenvalue weighted by Gasteiger charge is 2.46. The lowest BCUT2D eigenvalue weighted by Crippen LogP contribution is -2.33. The zero-order valence-electron chi connectivity index (χ0n) is 22.7. The van der Waals surface area contributed by atoms with Gasteiger partial charge in [0.05, 0.1) is 7.11 Å². The third-order valence-electron chi connectivity index (χ3n) is 7.07. The van der Waals surface area contributed by atoms with Crippen LogP contribution in [0.3, 0.4) is 0 Å². The van der Waals surface area contributed by atoms with E-state index in [4.69, 9.17) is 9.47 Å². The van der Waals surface area contributed by atoms with Gasteiger partial charge in [-0.15, -0.1) is 11.3 Å². The van der Waals surface area contributed by atoms with E-state index in [1.165, 1.54) is 59.6 Å². The van der Waals surface area contributed by atoms with Gasteiger partial charge in [0, 0.05) is 38.3 Å². The Morgan fingerprint density at radius 3 is 2.26 bits per heavy atom. The van der Waals surface area contributed by atoms with Gasteiger partial charge >= 0.3 is 15.5 Å². The van der Waals surface area contributed by atoms with Gasteiger partial charge < -0.3 is 9.47 Å². The number of sulfonamides is 1. The molecule has 0 bridgehead atoms. The Kier molecular flexibility index (Phi) is 8.76. The summed E-state index contributed by atoms with van der Waals surface area (Å²) in [4.78, 5) is 16.9. The molecule has 0 spiro atoms. The average Bonchev–Trinajstić information content (AvgIpc) is 3.36. The van der Waals surface area contributed by atoms with Crippen LogP contribution >= 0.6 is 11.3 Å². The second-order valence-electron chi connectivity index (χ2n) is 9.90. The molecule has 0 unspecified atom stereocenters. The van der Waals surface area contributed by atoms with Crippen molar-refractivity contribution in [2.24, 2.45) is 0 Å². The lowest BCUT2D eigenvalue weighted by Gasteiger charge is -2.26. The molecule has 1 fully saturated rings. The number of halogens is 3. The van der Waals surface area contributed by atoms with Crippen LogP contribution < -0.4 is 14.2 Å². The van der Waals surface area contributed by atoms with Crippen molar-refractivity contribution < 1.29 is 35.9 Å². The van der Waals surface area contributed by atoms with Gasteiger partial charge in [0.2, 0.25) is 0 Å². The summed E-state index contributed by atoms with van der Waals surface area (Å²) < 4.78 is 75.0. The SMILES string of the molecule is COc1ccc2c(C(=O)c3ccc(OCCN4CCCCC4)cc3)c(-c3ccc(NS(=O)(=O)C(F)(F)F)cc3)sc2c1. The number of nitrogens with one attached hydrogen (secondary N) is 1. The molecule has 222 valence electrons. The number of alkyl halides is 3. The summed E-state index contributed by atoms with van der Waals surface area (Å²) >= 11 is 1.33. The number of ketones is 1. The zero-order chi connectivity index (χ0) is 29.9. The van der Waals surface area contributed by atoms with Crippen LogP contribution in [0.2, 0.25) is 0 Å². The molecule has 1 aliphatic heterocycles. The van der Waals surface area contributed by atoms with E-state index in [0.717, 1.165) is 24.3 Å². The van der Waals surface area contributed by atoms with Crippen LogP contribution in [0.4, 0.5) is 18.9 Å². The number of piperidine rings is 1. The molecule has 42 heavy (non-hydrogen) atoms. The van der Waals surface area contributed by atoms with Crippen LogP contribution in [0.5, 0.6) is 11.5 Å². The number of likely N-dealkylation sites (tertiary alicyclic amines) is 1. The second kappa shape index (κ2) is 12.3. The van der Waals surface area contributed by atoms with Gasteiger partial charge in [0.15, 0.2) is 5.78 Å². The van der Waals surface area contributed by atoms with Crippen LogP contribution in [0.15, 0.2) is 66.7 Å². The molecule has 0 saturated carbocycles. The molecular formula is C30H29F3N2O5S2. The number of nitrogens with zero attached hydrogens (tertiary/aromatic N) is 1. The maximum Gasteiger partial charge on any atom is 0.516 e. The number of rotatable bonds is 10. The summed E-state index contributed by atoms with van der Waals surface area (Å²) in [7, 11) is -4.02. The molecule has 1 saturated heterocycles. The minimum atomic E-state index is -5.56. The Balaban J connectivity index is 1.41. The lowest BCUT2D eigenvalue weighted by atomic mass is 9.97. The maximum absolute atomic E-state index is 13.9. The van der Waals surface area contributed by atoms with Crippen molar-refractivity contribution >= 4 is 42.9 Å². The number of fused-ring (bicyclic) bond motifs is 1. The van der Waals surface area contributed by atoms with Gasteiger partial charge in [-0.3, -0.25) is 14.4 Å². The number of ether oxygens (including phenoxy) is 2. The Morgan fingerprint density at radius 2 is 1.62 bits per heavy atom. The molecule has 1 aromatic heterocycles. The number of thiophene rings is 1. The van der Waals surface area contributed by atoms with E-state index < -0.39 is 15.5 Å². The van der Waals surface area contributed by atoms with E-state index in [0.29, 0.717) is 45.1 Å². The zero-order valence-corrected chi connectivity index (χ0v) is 24.4. The molecule has 0 amide bonds. The van der Waals surface area contributed by atoms with Crippen molar-refractivity contribution in [3.63, 3.8) is 0 Å². The van der Waals surface area contributed by atoms with Crippen molar-refractivity contribution in [1.29, 1.82) is 0 Å². The monoisotopic (exact) mass is 618 g/mol. The van der Waals surface area contributed by atoms with Crippen LogP contribution in [-0.4, -0.2) is 58.0 Å². The largest absolute Gasteiger partial charge is 0.516 e. The summed E-state index contributed by atoms with van der Waals surface area (Å²) in [5, 5.41) is 0.699. The lowest BCUT2D eigenvalue weighted by molar-refractivity contribution is -0.0429. The van der Waals surface area contributed by atoms with Gasteiger partial charge in [-0.2, -0.15) is 21.6 Å². The molecule has 0 radical (unpaired) electrons. The van der Waals surface area contributed by atoms with Gasteiger partial charge in [-0.1, -0.05) is 18.6 Å². The Bertz CT molecular complexity index is 1660. The Morgan fingerprint density at radius 1 is 0.952 bits per heavy atom. The minimum Gasteiger partial charge on any atom is -0.497 e. The quantitative estimate of drug-likeness (QED) is 0.194. The highest BCUT2D eigenvalue weighted by atomic mass is 32.2. The molecule has 5 rings (SSSR count). The number of anilines is 1. The third-order valence-corrected chi connectivity index (χ3v) is 9.39. The summed E-state index contributed by atoms with van der Waals surface area (Å²) in [6.07, 6.45) is 3.70. The minimum absolute atomic E-state index is 0.233. The molecular weight excluding hydrogens is 589 g/mol. The summed E-state index contributed by atoms with van der Waals surface area (Å²) in [5.41, 5.74) is -4.26. The van der Waals surface area contributed by atoms with Crippen molar-refractivity contribution in [2.75, 3.05) is 38.1 Å². The molecule has 1 N–H and O–H groups in total. The highest BCUT2D eigenvalue weighted by Crippen LogP contribution is 2.42. The van der Waals surface area contributed by atoms with E-state index in [-0.39, 0.29) is 11.5 Å². The van der Waals surface area contributed by atoms with E-state index in [9.17, 15) is 26.4 Å². The van der Waals surface area contributed by atoms with E-state index in [1.54, 1.807) is 43.5 Å². The first-order valence-electron chi connectivity index (χ1n) is 13.4. The molecule has 7 nitrogen and oxygen atoms in total. The van der Waals surface area contributed by atoms with Crippen molar-refractivity contribution in [3.05, 3.63) is 77.9 Å². The van der Waals surface area contributed by atoms with Crippen molar-refractivity contribution in [3.8, 4) is 21.9 Å². The second-order valence-corrected chi connectivity index (χ2v) is 12.6. The predicted octanol–water partition coefficient (Wildman–Crippen LogP) is 6.93. The number of benzene rings is 3. The topological polar surface area (TPSA) is 84.9 Å². The number of carbonyl (C=O) groups excluding carboxylic acids is 1. The van der Waals surface area contributed by atoms with Crippen molar-refractivity contribution in [2.45, 2.75) is 24.8 Å². The fourth-order valence-electron chi connectivity index (χ4n) is 4.86. The standard InChI is InChI=1S/C30H29F3N2O5S2/c1-39-24-13-14-25-26(19-24)41-29(21-5-9-22(10-6-21)34-42(37,38)30(31,32)33)27(25)28(36)20-7-11-23(12-8-20)40-18-17-35-15-3-2-4-16-35/h5-14,19,34H,2-4,15-18H2,1H3. The fraction of sp³-hybridized carbons (Fsp3) is 0.300. The molecule has 12 heteroatoms. The fourth-order valence-corrected chi connectivity index (χ4v) is 6.65. The number of methoxy groups -OCH3 is 1. The summed E-state index contributed by atoms with van der Waals surface area (Å²) in [5.74, 6) is 1.04. The van der Waals surface area contributed by atoms with Gasteiger partial charge in [-0.25, -0.2) is 0 Å². The van der Waals surface area contributed by atoms with E-state index in [2.05, 4.69) is 4.90 Å².